The largest absolute Gasteiger partial charge is 0.372 e. The van der Waals surface area contributed by atoms with Crippen molar-refractivity contribution in [1.82, 2.24) is 10.2 Å². The second kappa shape index (κ2) is 3.26. The Hall–Kier alpha value is -0.500. The molecule has 1 rings (SSSR count). The van der Waals surface area contributed by atoms with E-state index in [1.807, 2.05) is 0 Å². The van der Waals surface area contributed by atoms with Crippen LogP contribution in [-0.4, -0.2) is 30.1 Å². The Bertz CT molecular complexity index is 144. The van der Waals surface area contributed by atoms with Gasteiger partial charge < -0.3 is 10.2 Å². The molecule has 2 heteroatoms. The minimum absolute atomic E-state index is 0.593. The first-order valence-electron chi connectivity index (χ1n) is 4.26. The Kier molecular flexibility index (Phi) is 2.55. The van der Waals surface area contributed by atoms with E-state index in [1.165, 1.54) is 5.70 Å². The van der Waals surface area contributed by atoms with Crippen LogP contribution in [0.2, 0.25) is 0 Å². The van der Waals surface area contributed by atoms with Crippen LogP contribution in [0.15, 0.2) is 12.3 Å². The number of piperazine rings is 1. The second-order valence-corrected chi connectivity index (χ2v) is 3.61. The van der Waals surface area contributed by atoms with Gasteiger partial charge in [0.15, 0.2) is 0 Å². The van der Waals surface area contributed by atoms with Crippen LogP contribution < -0.4 is 5.32 Å². The van der Waals surface area contributed by atoms with Crippen LogP contribution in [0, 0.1) is 0 Å². The highest BCUT2D eigenvalue weighted by atomic mass is 15.2. The van der Waals surface area contributed by atoms with Crippen LogP contribution in [0.5, 0.6) is 0 Å². The summed E-state index contributed by atoms with van der Waals surface area (Å²) in [6, 6.07) is 1.19. The van der Waals surface area contributed by atoms with Gasteiger partial charge in [-0.3, -0.25) is 0 Å². The second-order valence-electron chi connectivity index (χ2n) is 3.61. The van der Waals surface area contributed by atoms with Gasteiger partial charge in [0, 0.05) is 30.9 Å². The van der Waals surface area contributed by atoms with E-state index in [1.54, 1.807) is 0 Å². The fourth-order valence-electron chi connectivity index (χ4n) is 1.64. The normalized spacial score (nSPS) is 32.1. The summed E-state index contributed by atoms with van der Waals surface area (Å²) in [5.41, 5.74) is 1.19. The lowest BCUT2D eigenvalue weighted by molar-refractivity contribution is 0.216. The average molecular weight is 154 g/mol. The first-order chi connectivity index (χ1) is 5.09. The molecular weight excluding hydrogens is 136 g/mol. The number of hydrogen-bond donors (Lipinski definition) is 1. The third kappa shape index (κ3) is 2.22. The van der Waals surface area contributed by atoms with Gasteiger partial charge in [-0.05, 0) is 20.8 Å². The Morgan fingerprint density at radius 1 is 1.36 bits per heavy atom. The maximum absolute atomic E-state index is 3.95. The predicted molar refractivity (Wildman–Crippen MR) is 48.4 cm³/mol. The summed E-state index contributed by atoms with van der Waals surface area (Å²) in [5, 5.41) is 3.48. The topological polar surface area (TPSA) is 15.3 Å². The zero-order chi connectivity index (χ0) is 8.43. The Morgan fingerprint density at radius 3 is 2.18 bits per heavy atom. The van der Waals surface area contributed by atoms with Crippen molar-refractivity contribution in [3.05, 3.63) is 12.3 Å². The smallest absolute Gasteiger partial charge is 0.0326 e. The summed E-state index contributed by atoms with van der Waals surface area (Å²) in [4.78, 5) is 2.34. The van der Waals surface area contributed by atoms with Gasteiger partial charge in [0.25, 0.3) is 0 Å². The van der Waals surface area contributed by atoms with Gasteiger partial charge in [0.2, 0.25) is 0 Å². The molecule has 0 aromatic carbocycles. The molecule has 64 valence electrons. The van der Waals surface area contributed by atoms with E-state index >= 15 is 0 Å². The van der Waals surface area contributed by atoms with Crippen molar-refractivity contribution in [3.63, 3.8) is 0 Å². The number of hydrogen-bond acceptors (Lipinski definition) is 2. The molecule has 1 heterocycles. The molecule has 0 aromatic rings. The highest BCUT2D eigenvalue weighted by molar-refractivity contribution is 4.94. The van der Waals surface area contributed by atoms with Crippen molar-refractivity contribution in [2.45, 2.75) is 32.9 Å². The molecule has 11 heavy (non-hydrogen) atoms. The lowest BCUT2D eigenvalue weighted by Gasteiger charge is -2.37. The fraction of sp³-hybridized carbons (Fsp3) is 0.778. The molecule has 0 spiro atoms. The molecular formula is C9H18N2. The standard InChI is InChI=1S/C9H18N2/c1-7(2)11-5-8(3)10-9(4)6-11/h8-10H,1,5-6H2,2-4H3/t8-,9+. The summed E-state index contributed by atoms with van der Waals surface area (Å²) >= 11 is 0. The van der Waals surface area contributed by atoms with Gasteiger partial charge in [0.05, 0.1) is 0 Å². The van der Waals surface area contributed by atoms with Gasteiger partial charge in [-0.25, -0.2) is 0 Å². The minimum atomic E-state index is 0.593. The lowest BCUT2D eigenvalue weighted by atomic mass is 10.1. The van der Waals surface area contributed by atoms with E-state index in [0.717, 1.165) is 13.1 Å². The number of allylic oxidation sites excluding steroid dienone is 1. The van der Waals surface area contributed by atoms with E-state index in [2.05, 4.69) is 37.6 Å². The van der Waals surface area contributed by atoms with Crippen LogP contribution in [0.4, 0.5) is 0 Å². The van der Waals surface area contributed by atoms with Gasteiger partial charge in [-0.2, -0.15) is 0 Å². The first-order valence-corrected chi connectivity index (χ1v) is 4.26. The molecule has 1 fully saturated rings. The van der Waals surface area contributed by atoms with E-state index in [-0.39, 0.29) is 0 Å². The summed E-state index contributed by atoms with van der Waals surface area (Å²) < 4.78 is 0. The van der Waals surface area contributed by atoms with E-state index in [0.29, 0.717) is 12.1 Å². The fourth-order valence-corrected chi connectivity index (χ4v) is 1.64. The third-order valence-electron chi connectivity index (χ3n) is 2.10. The Morgan fingerprint density at radius 2 is 1.82 bits per heavy atom. The molecule has 0 aromatic heterocycles. The van der Waals surface area contributed by atoms with Crippen molar-refractivity contribution < 1.29 is 0 Å². The first kappa shape index (κ1) is 8.60. The molecule has 1 aliphatic rings. The average Bonchev–Trinajstić information content (AvgIpc) is 1.85. The van der Waals surface area contributed by atoms with Crippen molar-refractivity contribution in [2.24, 2.45) is 0 Å². The van der Waals surface area contributed by atoms with Gasteiger partial charge in [-0.15, -0.1) is 0 Å². The summed E-state index contributed by atoms with van der Waals surface area (Å²) in [7, 11) is 0. The minimum Gasteiger partial charge on any atom is -0.372 e. The zero-order valence-electron chi connectivity index (χ0n) is 7.72. The maximum atomic E-state index is 3.95. The molecule has 0 amide bonds. The van der Waals surface area contributed by atoms with Gasteiger partial charge >= 0.3 is 0 Å². The SMILES string of the molecule is C=C(C)N1C[C@@H](C)N[C@@H](C)C1. The highest BCUT2D eigenvalue weighted by Gasteiger charge is 2.19. The monoisotopic (exact) mass is 154 g/mol. The van der Waals surface area contributed by atoms with Crippen LogP contribution in [0.25, 0.3) is 0 Å². The van der Waals surface area contributed by atoms with Gasteiger partial charge in [-0.1, -0.05) is 6.58 Å². The van der Waals surface area contributed by atoms with E-state index < -0.39 is 0 Å². The molecule has 0 saturated carbocycles. The van der Waals surface area contributed by atoms with Crippen LogP contribution in [0.1, 0.15) is 20.8 Å². The number of nitrogens with one attached hydrogen (secondary N) is 1. The third-order valence-corrected chi connectivity index (χ3v) is 2.10. The predicted octanol–water partition coefficient (Wildman–Crippen LogP) is 1.20. The van der Waals surface area contributed by atoms with Crippen molar-refractivity contribution in [3.8, 4) is 0 Å². The maximum Gasteiger partial charge on any atom is 0.0326 e. The van der Waals surface area contributed by atoms with Crippen molar-refractivity contribution >= 4 is 0 Å². The van der Waals surface area contributed by atoms with Crippen LogP contribution in [-0.2, 0) is 0 Å². The number of nitrogens with zero attached hydrogens (tertiary/aromatic N) is 1. The van der Waals surface area contributed by atoms with Crippen molar-refractivity contribution in [1.29, 1.82) is 0 Å². The van der Waals surface area contributed by atoms with Crippen LogP contribution in [0.3, 0.4) is 0 Å². The quantitative estimate of drug-likeness (QED) is 0.610. The Balaban J connectivity index is 2.49. The molecule has 0 radical (unpaired) electrons. The van der Waals surface area contributed by atoms with Gasteiger partial charge in [0.1, 0.15) is 0 Å². The molecule has 1 aliphatic heterocycles. The van der Waals surface area contributed by atoms with Crippen molar-refractivity contribution in [2.75, 3.05) is 13.1 Å². The molecule has 0 bridgehead atoms. The zero-order valence-corrected chi connectivity index (χ0v) is 7.72. The molecule has 2 nitrogen and oxygen atoms in total. The molecule has 1 N–H and O–H groups in total. The lowest BCUT2D eigenvalue weighted by Crippen LogP contribution is -2.53. The van der Waals surface area contributed by atoms with Crippen LogP contribution >= 0.6 is 0 Å². The summed E-state index contributed by atoms with van der Waals surface area (Å²) in [5.74, 6) is 0. The number of rotatable bonds is 1. The Labute approximate surface area is 69.3 Å². The molecule has 0 unspecified atom stereocenters. The summed E-state index contributed by atoms with van der Waals surface area (Å²) in [6.07, 6.45) is 0. The summed E-state index contributed by atoms with van der Waals surface area (Å²) in [6.45, 7) is 12.6. The van der Waals surface area contributed by atoms with E-state index in [4.69, 9.17) is 0 Å². The van der Waals surface area contributed by atoms with E-state index in [9.17, 15) is 0 Å². The molecule has 2 atom stereocenters. The molecule has 1 saturated heterocycles. The highest BCUT2D eigenvalue weighted by Crippen LogP contribution is 2.08. The molecule has 0 aliphatic carbocycles.